The lowest BCUT2D eigenvalue weighted by atomic mass is 10.1. The fourth-order valence-corrected chi connectivity index (χ4v) is 1.12. The van der Waals surface area contributed by atoms with Crippen molar-refractivity contribution in [2.24, 2.45) is 0 Å². The van der Waals surface area contributed by atoms with Gasteiger partial charge in [0.1, 0.15) is 0 Å². The summed E-state index contributed by atoms with van der Waals surface area (Å²) in [6.07, 6.45) is 0.875. The number of carbonyl (C=O) groups excluding carboxylic acids is 1. The van der Waals surface area contributed by atoms with Gasteiger partial charge in [-0.05, 0) is 18.5 Å². The highest BCUT2D eigenvalue weighted by Gasteiger charge is 1.96. The summed E-state index contributed by atoms with van der Waals surface area (Å²) >= 11 is 0. The van der Waals surface area contributed by atoms with E-state index in [2.05, 4.69) is 5.32 Å². The van der Waals surface area contributed by atoms with Crippen LogP contribution in [0.4, 0.5) is 0 Å². The van der Waals surface area contributed by atoms with Crippen molar-refractivity contribution in [1.29, 1.82) is 0 Å². The van der Waals surface area contributed by atoms with E-state index in [1.165, 1.54) is 5.56 Å². The molecule has 1 rings (SSSR count). The Bertz CT molecular complexity index is 275. The first-order valence-corrected chi connectivity index (χ1v) is 4.50. The molecule has 0 aliphatic rings. The molecule has 0 bridgehead atoms. The van der Waals surface area contributed by atoms with Crippen LogP contribution >= 0.6 is 0 Å². The summed E-state index contributed by atoms with van der Waals surface area (Å²) in [7, 11) is 0. The van der Waals surface area contributed by atoms with Crippen LogP contribution in [0.3, 0.4) is 0 Å². The van der Waals surface area contributed by atoms with Crippen molar-refractivity contribution in [3.63, 3.8) is 0 Å². The van der Waals surface area contributed by atoms with Gasteiger partial charge in [-0.3, -0.25) is 10.0 Å². The number of hydrogen-bond acceptors (Lipinski definition) is 3. The van der Waals surface area contributed by atoms with Gasteiger partial charge in [0.25, 0.3) is 5.91 Å². The Morgan fingerprint density at radius 3 is 2.64 bits per heavy atom. The molecule has 0 saturated heterocycles. The fourth-order valence-electron chi connectivity index (χ4n) is 1.12. The Morgan fingerprint density at radius 2 is 2.00 bits per heavy atom. The Hall–Kier alpha value is -1.39. The quantitative estimate of drug-likeness (QED) is 0.359. The van der Waals surface area contributed by atoms with Crippen molar-refractivity contribution in [3.05, 3.63) is 35.9 Å². The van der Waals surface area contributed by atoms with Gasteiger partial charge in [-0.25, -0.2) is 5.48 Å². The van der Waals surface area contributed by atoms with Crippen molar-refractivity contribution < 1.29 is 10.0 Å². The highest BCUT2D eigenvalue weighted by molar-refractivity contribution is 5.76. The molecule has 14 heavy (non-hydrogen) atoms. The van der Waals surface area contributed by atoms with E-state index in [1.54, 1.807) is 5.48 Å². The van der Waals surface area contributed by atoms with E-state index in [0.29, 0.717) is 0 Å². The molecule has 0 unspecified atom stereocenters. The maximum absolute atomic E-state index is 10.6. The second-order valence-electron chi connectivity index (χ2n) is 2.95. The molecule has 1 aromatic rings. The predicted octanol–water partition coefficient (Wildman–Crippen LogP) is 0.324. The minimum Gasteiger partial charge on any atom is -0.308 e. The normalized spacial score (nSPS) is 9.79. The molecule has 3 N–H and O–H groups in total. The van der Waals surface area contributed by atoms with Crippen molar-refractivity contribution >= 4 is 5.91 Å². The third-order valence-corrected chi connectivity index (χ3v) is 1.84. The number of benzene rings is 1. The zero-order valence-electron chi connectivity index (χ0n) is 7.86. The van der Waals surface area contributed by atoms with Gasteiger partial charge in [0.15, 0.2) is 0 Å². The van der Waals surface area contributed by atoms with E-state index in [1.807, 2.05) is 30.3 Å². The zero-order chi connectivity index (χ0) is 10.2. The van der Waals surface area contributed by atoms with Crippen LogP contribution in [0.2, 0.25) is 0 Å². The van der Waals surface area contributed by atoms with Gasteiger partial charge in [-0.1, -0.05) is 30.3 Å². The fraction of sp³-hybridized carbons (Fsp3) is 0.300. The zero-order valence-corrected chi connectivity index (χ0v) is 7.86. The van der Waals surface area contributed by atoms with E-state index in [0.717, 1.165) is 13.0 Å². The van der Waals surface area contributed by atoms with E-state index in [4.69, 9.17) is 5.21 Å². The molecule has 0 aromatic heterocycles. The first kappa shape index (κ1) is 10.7. The first-order valence-electron chi connectivity index (χ1n) is 4.50. The van der Waals surface area contributed by atoms with E-state index >= 15 is 0 Å². The summed E-state index contributed by atoms with van der Waals surface area (Å²) in [5.41, 5.74) is 2.79. The monoisotopic (exact) mass is 194 g/mol. The van der Waals surface area contributed by atoms with E-state index in [9.17, 15) is 4.79 Å². The summed E-state index contributed by atoms with van der Waals surface area (Å²) in [6.45, 7) is 0.862. The van der Waals surface area contributed by atoms with E-state index < -0.39 is 5.91 Å². The standard InChI is InChI=1S/C10H14N2O2/c13-10(12-14)8-11-7-6-9-4-2-1-3-5-9/h1-5,11,14H,6-8H2,(H,12,13). The Kier molecular flexibility index (Phi) is 4.68. The molecule has 0 saturated carbocycles. The molecule has 1 amide bonds. The van der Waals surface area contributed by atoms with Crippen LogP contribution in [-0.4, -0.2) is 24.2 Å². The molecule has 0 heterocycles. The van der Waals surface area contributed by atoms with Gasteiger partial charge in [-0.2, -0.15) is 0 Å². The number of nitrogens with one attached hydrogen (secondary N) is 2. The number of hydrogen-bond donors (Lipinski definition) is 3. The molecule has 4 nitrogen and oxygen atoms in total. The molecule has 4 heteroatoms. The van der Waals surface area contributed by atoms with Crippen molar-refractivity contribution in [1.82, 2.24) is 10.8 Å². The van der Waals surface area contributed by atoms with Gasteiger partial charge in [0.2, 0.25) is 0 Å². The summed E-state index contributed by atoms with van der Waals surface area (Å²) in [5.74, 6) is -0.418. The molecule has 0 aliphatic heterocycles. The summed E-state index contributed by atoms with van der Waals surface area (Å²) in [5, 5.41) is 11.1. The third-order valence-electron chi connectivity index (χ3n) is 1.84. The summed E-state index contributed by atoms with van der Waals surface area (Å²) < 4.78 is 0. The molecular formula is C10H14N2O2. The van der Waals surface area contributed by atoms with Crippen LogP contribution in [-0.2, 0) is 11.2 Å². The number of hydroxylamine groups is 1. The van der Waals surface area contributed by atoms with Crippen LogP contribution < -0.4 is 10.8 Å². The van der Waals surface area contributed by atoms with Crippen LogP contribution in [0.15, 0.2) is 30.3 Å². The van der Waals surface area contributed by atoms with Crippen molar-refractivity contribution in [2.75, 3.05) is 13.1 Å². The summed E-state index contributed by atoms with van der Waals surface area (Å²) in [6, 6.07) is 10.0. The highest BCUT2D eigenvalue weighted by Crippen LogP contribution is 1.97. The second kappa shape index (κ2) is 6.12. The Labute approximate surface area is 82.9 Å². The molecule has 0 aliphatic carbocycles. The van der Waals surface area contributed by atoms with Gasteiger partial charge < -0.3 is 5.32 Å². The molecule has 0 atom stereocenters. The molecule has 1 aromatic carbocycles. The third kappa shape index (κ3) is 4.02. The summed E-state index contributed by atoms with van der Waals surface area (Å²) in [4.78, 5) is 10.6. The van der Waals surface area contributed by atoms with Gasteiger partial charge in [0, 0.05) is 0 Å². The van der Waals surface area contributed by atoms with Gasteiger partial charge >= 0.3 is 0 Å². The Balaban J connectivity index is 2.13. The average molecular weight is 194 g/mol. The number of rotatable bonds is 5. The van der Waals surface area contributed by atoms with Gasteiger partial charge in [0.05, 0.1) is 6.54 Å². The molecule has 0 radical (unpaired) electrons. The number of amides is 1. The lowest BCUT2D eigenvalue weighted by molar-refractivity contribution is -0.128. The molecule has 76 valence electrons. The number of carbonyl (C=O) groups is 1. The van der Waals surface area contributed by atoms with Crippen molar-refractivity contribution in [3.8, 4) is 0 Å². The highest BCUT2D eigenvalue weighted by atomic mass is 16.5. The average Bonchev–Trinajstić information content (AvgIpc) is 2.25. The molecular weight excluding hydrogens is 180 g/mol. The van der Waals surface area contributed by atoms with Crippen molar-refractivity contribution in [2.45, 2.75) is 6.42 Å². The van der Waals surface area contributed by atoms with Crippen LogP contribution in [0.1, 0.15) is 5.56 Å². The topological polar surface area (TPSA) is 61.4 Å². The second-order valence-corrected chi connectivity index (χ2v) is 2.95. The van der Waals surface area contributed by atoms with Crippen LogP contribution in [0, 0.1) is 0 Å². The maximum Gasteiger partial charge on any atom is 0.257 e. The van der Waals surface area contributed by atoms with Crippen LogP contribution in [0.5, 0.6) is 0 Å². The minimum absolute atomic E-state index is 0.142. The predicted molar refractivity (Wildman–Crippen MR) is 52.9 cm³/mol. The lowest BCUT2D eigenvalue weighted by Crippen LogP contribution is -2.32. The van der Waals surface area contributed by atoms with Crippen LogP contribution in [0.25, 0.3) is 0 Å². The SMILES string of the molecule is O=C(CNCCc1ccccc1)NO. The smallest absolute Gasteiger partial charge is 0.257 e. The largest absolute Gasteiger partial charge is 0.308 e. The Morgan fingerprint density at radius 1 is 1.29 bits per heavy atom. The minimum atomic E-state index is -0.418. The van der Waals surface area contributed by atoms with Gasteiger partial charge in [-0.15, -0.1) is 0 Å². The first-order chi connectivity index (χ1) is 6.83. The molecule has 0 fully saturated rings. The van der Waals surface area contributed by atoms with E-state index in [-0.39, 0.29) is 6.54 Å². The lowest BCUT2D eigenvalue weighted by Gasteiger charge is -2.03. The maximum atomic E-state index is 10.6. The molecule has 0 spiro atoms.